The molecular formula is C8H10O6. The van der Waals surface area contributed by atoms with Gasteiger partial charge in [0.1, 0.15) is 0 Å². The first-order valence-electron chi connectivity index (χ1n) is 3.82. The van der Waals surface area contributed by atoms with Crippen molar-refractivity contribution in [2.24, 2.45) is 0 Å². The first-order chi connectivity index (χ1) is 6.52. The number of carboxylic acid groups (broad SMARTS) is 2. The lowest BCUT2D eigenvalue weighted by atomic mass is 10.3. The van der Waals surface area contributed by atoms with Crippen molar-refractivity contribution in [3.05, 3.63) is 12.2 Å². The molecule has 0 amide bonds. The zero-order chi connectivity index (χ0) is 11.0. The molecular weight excluding hydrogens is 192 g/mol. The highest BCUT2D eigenvalue weighted by atomic mass is 16.5. The lowest BCUT2D eigenvalue weighted by Crippen LogP contribution is -2.05. The van der Waals surface area contributed by atoms with E-state index in [1.807, 2.05) is 0 Å². The van der Waals surface area contributed by atoms with E-state index >= 15 is 0 Å². The second-order valence-electron chi connectivity index (χ2n) is 2.34. The van der Waals surface area contributed by atoms with Gasteiger partial charge in [-0.3, -0.25) is 4.79 Å². The Morgan fingerprint density at radius 1 is 1.14 bits per heavy atom. The van der Waals surface area contributed by atoms with Crippen LogP contribution in [0.5, 0.6) is 0 Å². The maximum atomic E-state index is 10.7. The standard InChI is InChI=1S/C8H10O6/c9-6(10)2-1-5-14-8(13)4-3-7(11)12/h3-4H,1-2,5H2,(H,9,10)(H,11,12)/b4-3-. The predicted molar refractivity (Wildman–Crippen MR) is 44.6 cm³/mol. The Bertz CT molecular complexity index is 255. The Hall–Kier alpha value is -1.85. The van der Waals surface area contributed by atoms with Crippen molar-refractivity contribution < 1.29 is 29.3 Å². The molecule has 2 N–H and O–H groups in total. The Morgan fingerprint density at radius 3 is 2.29 bits per heavy atom. The number of aliphatic carboxylic acids is 2. The van der Waals surface area contributed by atoms with Crippen LogP contribution < -0.4 is 0 Å². The Balaban J connectivity index is 3.55. The summed E-state index contributed by atoms with van der Waals surface area (Å²) in [6.07, 6.45) is 1.54. The van der Waals surface area contributed by atoms with Crippen molar-refractivity contribution in [3.8, 4) is 0 Å². The molecule has 0 saturated heterocycles. The van der Waals surface area contributed by atoms with Gasteiger partial charge in [-0.15, -0.1) is 0 Å². The van der Waals surface area contributed by atoms with Gasteiger partial charge in [0.2, 0.25) is 0 Å². The highest BCUT2D eigenvalue weighted by Gasteiger charge is 2.00. The number of carbonyl (C=O) groups excluding carboxylic acids is 1. The van der Waals surface area contributed by atoms with Crippen molar-refractivity contribution in [2.45, 2.75) is 12.8 Å². The van der Waals surface area contributed by atoms with Crippen LogP contribution in [-0.2, 0) is 19.1 Å². The average Bonchev–Trinajstić information content (AvgIpc) is 2.08. The SMILES string of the molecule is O=C(O)/C=C\C(=O)OCCCC(=O)O. The summed E-state index contributed by atoms with van der Waals surface area (Å²) in [6.45, 7) is -0.0326. The molecule has 0 fully saturated rings. The van der Waals surface area contributed by atoms with Gasteiger partial charge in [0.15, 0.2) is 0 Å². The van der Waals surface area contributed by atoms with Crippen molar-refractivity contribution in [1.29, 1.82) is 0 Å². The van der Waals surface area contributed by atoms with Crippen LogP contribution in [-0.4, -0.2) is 34.7 Å². The van der Waals surface area contributed by atoms with E-state index < -0.39 is 17.9 Å². The van der Waals surface area contributed by atoms with E-state index in [1.165, 1.54) is 0 Å². The number of carboxylic acids is 2. The summed E-state index contributed by atoms with van der Waals surface area (Å²) in [5.41, 5.74) is 0. The van der Waals surface area contributed by atoms with Crippen LogP contribution >= 0.6 is 0 Å². The zero-order valence-corrected chi connectivity index (χ0v) is 7.30. The van der Waals surface area contributed by atoms with Gasteiger partial charge < -0.3 is 14.9 Å². The molecule has 0 heterocycles. The molecule has 14 heavy (non-hydrogen) atoms. The van der Waals surface area contributed by atoms with Gasteiger partial charge in [0.25, 0.3) is 0 Å². The van der Waals surface area contributed by atoms with Crippen LogP contribution in [0.1, 0.15) is 12.8 Å². The van der Waals surface area contributed by atoms with E-state index in [1.54, 1.807) is 0 Å². The maximum Gasteiger partial charge on any atom is 0.331 e. The van der Waals surface area contributed by atoms with Crippen LogP contribution in [0.4, 0.5) is 0 Å². The summed E-state index contributed by atoms with van der Waals surface area (Å²) in [5.74, 6) is -3.01. The van der Waals surface area contributed by atoms with Gasteiger partial charge in [-0.1, -0.05) is 0 Å². The van der Waals surface area contributed by atoms with Crippen molar-refractivity contribution in [2.75, 3.05) is 6.61 Å². The monoisotopic (exact) mass is 202 g/mol. The molecule has 78 valence electrons. The van der Waals surface area contributed by atoms with Crippen molar-refractivity contribution in [3.63, 3.8) is 0 Å². The minimum Gasteiger partial charge on any atom is -0.481 e. The van der Waals surface area contributed by atoms with Gasteiger partial charge in [-0.25, -0.2) is 9.59 Å². The topological polar surface area (TPSA) is 101 Å². The van der Waals surface area contributed by atoms with Crippen LogP contribution in [0, 0.1) is 0 Å². The molecule has 0 aliphatic rings. The summed E-state index contributed by atoms with van der Waals surface area (Å²) in [4.78, 5) is 30.6. The smallest absolute Gasteiger partial charge is 0.331 e. The Labute approximate surface area is 79.8 Å². The molecule has 0 saturated carbocycles. The summed E-state index contributed by atoms with van der Waals surface area (Å²) in [6, 6.07) is 0. The van der Waals surface area contributed by atoms with E-state index in [-0.39, 0.29) is 19.4 Å². The first-order valence-corrected chi connectivity index (χ1v) is 3.82. The van der Waals surface area contributed by atoms with Gasteiger partial charge in [-0.2, -0.15) is 0 Å². The molecule has 0 aromatic heterocycles. The molecule has 0 rings (SSSR count). The van der Waals surface area contributed by atoms with Gasteiger partial charge >= 0.3 is 17.9 Å². The average molecular weight is 202 g/mol. The van der Waals surface area contributed by atoms with Gasteiger partial charge in [-0.05, 0) is 6.42 Å². The van der Waals surface area contributed by atoms with Crippen molar-refractivity contribution in [1.82, 2.24) is 0 Å². The molecule has 0 atom stereocenters. The molecule has 6 nitrogen and oxygen atoms in total. The Kier molecular flexibility index (Phi) is 5.77. The molecule has 0 aromatic rings. The normalized spacial score (nSPS) is 10.0. The minimum atomic E-state index is -1.24. The quantitative estimate of drug-likeness (QED) is 0.358. The molecule has 0 unspecified atom stereocenters. The lowest BCUT2D eigenvalue weighted by Gasteiger charge is -1.98. The molecule has 6 heteroatoms. The van der Waals surface area contributed by atoms with Crippen LogP contribution in [0.25, 0.3) is 0 Å². The molecule has 0 aliphatic carbocycles. The molecule has 0 spiro atoms. The Morgan fingerprint density at radius 2 is 1.79 bits per heavy atom. The van der Waals surface area contributed by atoms with Crippen molar-refractivity contribution >= 4 is 17.9 Å². The first kappa shape index (κ1) is 12.2. The number of hydrogen-bond acceptors (Lipinski definition) is 4. The van der Waals surface area contributed by atoms with Gasteiger partial charge in [0.05, 0.1) is 6.61 Å². The fraction of sp³-hybridized carbons (Fsp3) is 0.375. The summed E-state index contributed by atoms with van der Waals surface area (Å²) in [5, 5.41) is 16.4. The third kappa shape index (κ3) is 8.25. The molecule has 0 radical (unpaired) electrons. The fourth-order valence-electron chi connectivity index (χ4n) is 0.584. The largest absolute Gasteiger partial charge is 0.481 e. The minimum absolute atomic E-state index is 0.0326. The predicted octanol–water partition coefficient (Wildman–Crippen LogP) is 0.0352. The number of carbonyl (C=O) groups is 3. The summed E-state index contributed by atoms with van der Waals surface area (Å²) >= 11 is 0. The van der Waals surface area contributed by atoms with Crippen LogP contribution in [0.3, 0.4) is 0 Å². The molecule has 0 bridgehead atoms. The van der Waals surface area contributed by atoms with E-state index in [2.05, 4.69) is 4.74 Å². The second-order valence-corrected chi connectivity index (χ2v) is 2.34. The zero-order valence-electron chi connectivity index (χ0n) is 7.30. The van der Waals surface area contributed by atoms with E-state index in [0.29, 0.717) is 6.08 Å². The number of esters is 1. The van der Waals surface area contributed by atoms with Crippen LogP contribution in [0.2, 0.25) is 0 Å². The highest BCUT2D eigenvalue weighted by Crippen LogP contribution is 1.91. The third-order valence-electron chi connectivity index (χ3n) is 1.14. The fourth-order valence-corrected chi connectivity index (χ4v) is 0.584. The van der Waals surface area contributed by atoms with Gasteiger partial charge in [0, 0.05) is 18.6 Å². The lowest BCUT2D eigenvalue weighted by molar-refractivity contribution is -0.141. The molecule has 0 aliphatic heterocycles. The number of ether oxygens (including phenoxy) is 1. The summed E-state index contributed by atoms with van der Waals surface area (Å²) in [7, 11) is 0. The highest BCUT2D eigenvalue weighted by molar-refractivity contribution is 5.90. The second kappa shape index (κ2) is 6.64. The van der Waals surface area contributed by atoms with E-state index in [0.717, 1.165) is 6.08 Å². The maximum absolute atomic E-state index is 10.7. The summed E-state index contributed by atoms with van der Waals surface area (Å²) < 4.78 is 4.49. The van der Waals surface area contributed by atoms with E-state index in [9.17, 15) is 14.4 Å². The van der Waals surface area contributed by atoms with Crippen LogP contribution in [0.15, 0.2) is 12.2 Å². The number of hydrogen-bond donors (Lipinski definition) is 2. The molecule has 0 aromatic carbocycles. The number of rotatable bonds is 6. The third-order valence-corrected chi connectivity index (χ3v) is 1.14. The van der Waals surface area contributed by atoms with E-state index in [4.69, 9.17) is 10.2 Å².